The van der Waals surface area contributed by atoms with E-state index in [4.69, 9.17) is 46.4 Å². The van der Waals surface area contributed by atoms with Gasteiger partial charge in [-0.2, -0.15) is 0 Å². The average Bonchev–Trinajstić information content (AvgIpc) is 2.64. The zero-order valence-electron chi connectivity index (χ0n) is 15.2. The summed E-state index contributed by atoms with van der Waals surface area (Å²) < 4.78 is 27.2. The van der Waals surface area contributed by atoms with Crippen LogP contribution in [0.3, 0.4) is 0 Å². The van der Waals surface area contributed by atoms with Crippen LogP contribution < -0.4 is 5.32 Å². The van der Waals surface area contributed by atoms with Gasteiger partial charge in [0.2, 0.25) is 15.9 Å². The number of carbonyl (C=O) groups excluding carboxylic acids is 1. The molecule has 0 bridgehead atoms. The molecule has 5 nitrogen and oxygen atoms in total. The Labute approximate surface area is 189 Å². The van der Waals surface area contributed by atoms with Crippen molar-refractivity contribution in [2.45, 2.75) is 18.6 Å². The molecule has 0 spiro atoms. The number of nitrogens with zero attached hydrogens (tertiary/aromatic N) is 1. The van der Waals surface area contributed by atoms with E-state index in [1.54, 1.807) is 36.4 Å². The molecule has 0 aromatic heterocycles. The Hall–Kier alpha value is -1.02. The van der Waals surface area contributed by atoms with Gasteiger partial charge in [0.05, 0.1) is 11.7 Å². The predicted octanol–water partition coefficient (Wildman–Crippen LogP) is 5.48. The molecule has 0 aliphatic carbocycles. The number of anilines is 1. The molecule has 10 heteroatoms. The zero-order valence-corrected chi connectivity index (χ0v) is 19.0. The van der Waals surface area contributed by atoms with Gasteiger partial charge in [-0.05, 0) is 43.2 Å². The third kappa shape index (κ3) is 5.78. The average molecular weight is 496 g/mol. The Balaban J connectivity index is 1.71. The van der Waals surface area contributed by atoms with Gasteiger partial charge in [0, 0.05) is 44.4 Å². The topological polar surface area (TPSA) is 66.5 Å². The molecule has 1 unspecified atom stereocenters. The first-order valence-corrected chi connectivity index (χ1v) is 12.0. The first kappa shape index (κ1) is 22.7. The summed E-state index contributed by atoms with van der Waals surface area (Å²) in [6, 6.07) is 9.59. The molecule has 1 atom stereocenters. The molecule has 1 aliphatic heterocycles. The molecule has 1 amide bonds. The highest BCUT2D eigenvalue weighted by Crippen LogP contribution is 2.29. The first-order chi connectivity index (χ1) is 13.7. The fourth-order valence-electron chi connectivity index (χ4n) is 3.22. The fraction of sp³-hybridized carbons (Fsp3) is 0.316. The van der Waals surface area contributed by atoms with Crippen molar-refractivity contribution in [2.75, 3.05) is 18.4 Å². The van der Waals surface area contributed by atoms with Gasteiger partial charge in [0.15, 0.2) is 0 Å². The predicted molar refractivity (Wildman–Crippen MR) is 118 cm³/mol. The van der Waals surface area contributed by atoms with Gasteiger partial charge in [-0.15, -0.1) is 0 Å². The second kappa shape index (κ2) is 9.41. The van der Waals surface area contributed by atoms with E-state index < -0.39 is 15.9 Å². The molecule has 1 heterocycles. The van der Waals surface area contributed by atoms with Crippen molar-refractivity contribution < 1.29 is 13.2 Å². The summed E-state index contributed by atoms with van der Waals surface area (Å²) in [5.74, 6) is -1.08. The third-order valence-electron chi connectivity index (χ3n) is 4.67. The van der Waals surface area contributed by atoms with Crippen molar-refractivity contribution in [2.24, 2.45) is 5.92 Å². The summed E-state index contributed by atoms with van der Waals surface area (Å²) in [6.45, 7) is 0.432. The van der Waals surface area contributed by atoms with E-state index in [0.717, 1.165) is 0 Å². The van der Waals surface area contributed by atoms with Gasteiger partial charge in [0.1, 0.15) is 0 Å². The Bertz CT molecular complexity index is 990. The second-order valence-corrected chi connectivity index (χ2v) is 10.5. The van der Waals surface area contributed by atoms with Crippen LogP contribution in [0.1, 0.15) is 18.4 Å². The molecule has 1 fully saturated rings. The summed E-state index contributed by atoms with van der Waals surface area (Å²) in [4.78, 5) is 12.7. The van der Waals surface area contributed by atoms with E-state index in [2.05, 4.69) is 5.32 Å². The van der Waals surface area contributed by atoms with Crippen molar-refractivity contribution in [1.29, 1.82) is 0 Å². The molecule has 1 saturated heterocycles. The van der Waals surface area contributed by atoms with E-state index in [1.165, 1.54) is 4.31 Å². The summed E-state index contributed by atoms with van der Waals surface area (Å²) in [6.07, 6.45) is 1.16. The number of hydrogen-bond donors (Lipinski definition) is 1. The molecule has 1 aliphatic rings. The SMILES string of the molecule is O=C(Nc1cc(Cl)cc(Cl)c1)C1CCCN(S(=O)(=O)Cc2c(Cl)cccc2Cl)C1. The minimum absolute atomic E-state index is 0.0878. The standard InChI is InChI=1S/C19H18Cl4N2O3S/c20-13-7-14(21)9-15(8-13)24-19(26)12-3-2-6-25(10-12)29(27,28)11-16-17(22)4-1-5-18(16)23/h1,4-5,7-9,12H,2-3,6,10-11H2,(H,24,26). The van der Waals surface area contributed by atoms with Gasteiger partial charge in [-0.1, -0.05) is 52.5 Å². The number of halogens is 4. The van der Waals surface area contributed by atoms with Crippen molar-refractivity contribution >= 4 is 68.0 Å². The smallest absolute Gasteiger partial charge is 0.228 e. The summed E-state index contributed by atoms with van der Waals surface area (Å²) >= 11 is 24.2. The molecule has 1 N–H and O–H groups in total. The molecular weight excluding hydrogens is 478 g/mol. The quantitative estimate of drug-likeness (QED) is 0.597. The lowest BCUT2D eigenvalue weighted by atomic mass is 9.99. The van der Waals surface area contributed by atoms with Crippen LogP contribution in [0, 0.1) is 5.92 Å². The number of hydrogen-bond acceptors (Lipinski definition) is 3. The molecule has 0 radical (unpaired) electrons. The Morgan fingerprint density at radius 2 is 1.69 bits per heavy atom. The van der Waals surface area contributed by atoms with Crippen molar-refractivity contribution in [3.05, 3.63) is 62.1 Å². The van der Waals surface area contributed by atoms with Crippen molar-refractivity contribution in [1.82, 2.24) is 4.31 Å². The van der Waals surface area contributed by atoms with Gasteiger partial charge >= 0.3 is 0 Å². The van der Waals surface area contributed by atoms with Gasteiger partial charge < -0.3 is 5.32 Å². The number of piperidine rings is 1. The van der Waals surface area contributed by atoms with Gasteiger partial charge in [0.25, 0.3) is 0 Å². The Kier molecular flexibility index (Phi) is 7.36. The van der Waals surface area contributed by atoms with E-state index in [1.807, 2.05) is 0 Å². The Morgan fingerprint density at radius 3 is 2.31 bits per heavy atom. The molecular formula is C19H18Cl4N2O3S. The van der Waals surface area contributed by atoms with E-state index in [-0.39, 0.29) is 18.2 Å². The molecule has 2 aromatic carbocycles. The maximum Gasteiger partial charge on any atom is 0.228 e. The lowest BCUT2D eigenvalue weighted by Crippen LogP contribution is -2.44. The van der Waals surface area contributed by atoms with Crippen LogP contribution in [0.2, 0.25) is 20.1 Å². The largest absolute Gasteiger partial charge is 0.326 e. The number of carbonyl (C=O) groups is 1. The minimum atomic E-state index is -3.69. The number of benzene rings is 2. The third-order valence-corrected chi connectivity index (χ3v) is 7.58. The normalized spacial score (nSPS) is 17.9. The van der Waals surface area contributed by atoms with Crippen LogP contribution in [-0.2, 0) is 20.6 Å². The minimum Gasteiger partial charge on any atom is -0.326 e. The van der Waals surface area contributed by atoms with Crippen LogP contribution in [0.5, 0.6) is 0 Å². The highest BCUT2D eigenvalue weighted by molar-refractivity contribution is 7.88. The molecule has 156 valence electrons. The van der Waals surface area contributed by atoms with Crippen LogP contribution in [0.25, 0.3) is 0 Å². The molecule has 29 heavy (non-hydrogen) atoms. The molecule has 2 aromatic rings. The summed E-state index contributed by atoms with van der Waals surface area (Å²) in [7, 11) is -3.69. The maximum absolute atomic E-state index is 12.9. The number of sulfonamides is 1. The molecule has 3 rings (SSSR count). The second-order valence-electron chi connectivity index (χ2n) is 6.80. The van der Waals surface area contributed by atoms with E-state index in [0.29, 0.717) is 50.7 Å². The van der Waals surface area contributed by atoms with E-state index >= 15 is 0 Å². The van der Waals surface area contributed by atoms with Gasteiger partial charge in [-0.3, -0.25) is 4.79 Å². The summed E-state index contributed by atoms with van der Waals surface area (Å²) in [5, 5.41) is 4.16. The lowest BCUT2D eigenvalue weighted by molar-refractivity contribution is -0.120. The van der Waals surface area contributed by atoms with E-state index in [9.17, 15) is 13.2 Å². The first-order valence-electron chi connectivity index (χ1n) is 8.83. The monoisotopic (exact) mass is 494 g/mol. The van der Waals surface area contributed by atoms with Crippen molar-refractivity contribution in [3.63, 3.8) is 0 Å². The number of amides is 1. The maximum atomic E-state index is 12.9. The lowest BCUT2D eigenvalue weighted by Gasteiger charge is -2.31. The van der Waals surface area contributed by atoms with Crippen LogP contribution in [-0.4, -0.2) is 31.7 Å². The van der Waals surface area contributed by atoms with Crippen LogP contribution >= 0.6 is 46.4 Å². The fourth-order valence-corrected chi connectivity index (χ4v) is 6.11. The Morgan fingerprint density at radius 1 is 1.07 bits per heavy atom. The number of nitrogens with one attached hydrogen (secondary N) is 1. The van der Waals surface area contributed by atoms with Crippen LogP contribution in [0.15, 0.2) is 36.4 Å². The van der Waals surface area contributed by atoms with Crippen LogP contribution in [0.4, 0.5) is 5.69 Å². The highest BCUT2D eigenvalue weighted by atomic mass is 35.5. The number of rotatable bonds is 5. The molecule has 0 saturated carbocycles. The summed E-state index contributed by atoms with van der Waals surface area (Å²) in [5.41, 5.74) is 0.825. The van der Waals surface area contributed by atoms with Gasteiger partial charge in [-0.25, -0.2) is 12.7 Å². The zero-order chi connectivity index (χ0) is 21.2. The highest BCUT2D eigenvalue weighted by Gasteiger charge is 2.33. The van der Waals surface area contributed by atoms with Crippen molar-refractivity contribution in [3.8, 4) is 0 Å².